The van der Waals surface area contributed by atoms with Crippen LogP contribution in [0, 0.1) is 17.8 Å². The van der Waals surface area contributed by atoms with E-state index in [1.54, 1.807) is 0 Å². The molecule has 3 unspecified atom stereocenters. The minimum absolute atomic E-state index is 0.691. The predicted octanol–water partition coefficient (Wildman–Crippen LogP) is 4.17. The molecule has 0 spiro atoms. The van der Waals surface area contributed by atoms with Gasteiger partial charge < -0.3 is 10.2 Å². The van der Waals surface area contributed by atoms with Crippen molar-refractivity contribution in [3.8, 4) is 0 Å². The van der Waals surface area contributed by atoms with Crippen LogP contribution in [0.3, 0.4) is 0 Å². The normalized spacial score (nSPS) is 26.0. The lowest BCUT2D eigenvalue weighted by Crippen LogP contribution is -2.45. The zero-order valence-corrected chi connectivity index (χ0v) is 14.2. The summed E-state index contributed by atoms with van der Waals surface area (Å²) < 4.78 is 0. The number of benzene rings is 1. The molecule has 21 heavy (non-hydrogen) atoms. The maximum atomic E-state index is 3.72. The summed E-state index contributed by atoms with van der Waals surface area (Å²) in [5.41, 5.74) is 1.33. The predicted molar refractivity (Wildman–Crippen MR) is 92.8 cm³/mol. The summed E-state index contributed by atoms with van der Waals surface area (Å²) in [5, 5.41) is 3.72. The van der Waals surface area contributed by atoms with Crippen molar-refractivity contribution in [3.63, 3.8) is 0 Å². The van der Waals surface area contributed by atoms with Crippen LogP contribution in [0.5, 0.6) is 0 Å². The number of para-hydroxylation sites is 1. The van der Waals surface area contributed by atoms with Crippen molar-refractivity contribution in [2.75, 3.05) is 25.0 Å². The third-order valence-corrected chi connectivity index (χ3v) is 5.14. The quantitative estimate of drug-likeness (QED) is 0.845. The largest absolute Gasteiger partial charge is 0.374 e. The minimum atomic E-state index is 0.691. The first-order valence-corrected chi connectivity index (χ1v) is 8.61. The molecule has 1 saturated carbocycles. The van der Waals surface area contributed by atoms with E-state index in [4.69, 9.17) is 0 Å². The summed E-state index contributed by atoms with van der Waals surface area (Å²) in [6, 6.07) is 11.5. The molecule has 1 fully saturated rings. The number of nitrogens with zero attached hydrogens (tertiary/aromatic N) is 1. The Labute approximate surface area is 130 Å². The fourth-order valence-electron chi connectivity index (χ4n) is 3.78. The van der Waals surface area contributed by atoms with Gasteiger partial charge in [0, 0.05) is 25.3 Å². The van der Waals surface area contributed by atoms with Gasteiger partial charge in [-0.1, -0.05) is 39.0 Å². The highest BCUT2D eigenvalue weighted by atomic mass is 15.1. The van der Waals surface area contributed by atoms with Crippen LogP contribution < -0.4 is 10.2 Å². The Bertz CT molecular complexity index is 401. The van der Waals surface area contributed by atoms with Gasteiger partial charge in [0.2, 0.25) is 0 Å². The van der Waals surface area contributed by atoms with Crippen LogP contribution in [0.15, 0.2) is 30.3 Å². The maximum absolute atomic E-state index is 3.72. The molecular formula is C19H32N2. The van der Waals surface area contributed by atoms with Crippen molar-refractivity contribution >= 4 is 5.69 Å². The highest BCUT2D eigenvalue weighted by molar-refractivity contribution is 5.45. The molecular weight excluding hydrogens is 256 g/mol. The van der Waals surface area contributed by atoms with Gasteiger partial charge in [0.15, 0.2) is 0 Å². The average Bonchev–Trinajstić information content (AvgIpc) is 2.50. The van der Waals surface area contributed by atoms with Gasteiger partial charge in [-0.15, -0.1) is 0 Å². The fourth-order valence-corrected chi connectivity index (χ4v) is 3.78. The molecule has 118 valence electrons. The maximum Gasteiger partial charge on any atom is 0.0363 e. The van der Waals surface area contributed by atoms with Crippen LogP contribution in [0.2, 0.25) is 0 Å². The van der Waals surface area contributed by atoms with Crippen molar-refractivity contribution in [1.82, 2.24) is 5.32 Å². The molecule has 1 aliphatic rings. The van der Waals surface area contributed by atoms with Crippen LogP contribution in [0.4, 0.5) is 5.69 Å². The van der Waals surface area contributed by atoms with Crippen LogP contribution >= 0.6 is 0 Å². The molecule has 3 atom stereocenters. The topological polar surface area (TPSA) is 15.3 Å². The number of rotatable bonds is 6. The molecule has 0 radical (unpaired) electrons. The molecule has 2 nitrogen and oxygen atoms in total. The molecule has 1 aromatic rings. The molecule has 1 N–H and O–H groups in total. The number of hydrogen-bond donors (Lipinski definition) is 1. The van der Waals surface area contributed by atoms with E-state index in [1.165, 1.54) is 24.9 Å². The molecule has 1 aliphatic carbocycles. The van der Waals surface area contributed by atoms with E-state index in [0.29, 0.717) is 6.04 Å². The van der Waals surface area contributed by atoms with E-state index in [0.717, 1.165) is 30.8 Å². The van der Waals surface area contributed by atoms with Gasteiger partial charge in [-0.05, 0) is 55.7 Å². The summed E-state index contributed by atoms with van der Waals surface area (Å²) in [6.45, 7) is 9.24. The van der Waals surface area contributed by atoms with E-state index in [1.807, 2.05) is 0 Å². The second kappa shape index (κ2) is 7.84. The average molecular weight is 288 g/mol. The van der Waals surface area contributed by atoms with Crippen LogP contribution in [-0.2, 0) is 0 Å². The van der Waals surface area contributed by atoms with E-state index in [2.05, 4.69) is 68.4 Å². The Morgan fingerprint density at radius 3 is 2.52 bits per heavy atom. The third-order valence-electron chi connectivity index (χ3n) is 5.14. The summed E-state index contributed by atoms with van der Waals surface area (Å²) in [6.07, 6.45) is 4.09. The molecule has 2 rings (SSSR count). The van der Waals surface area contributed by atoms with Gasteiger partial charge in [-0.25, -0.2) is 0 Å². The van der Waals surface area contributed by atoms with E-state index in [9.17, 15) is 0 Å². The van der Waals surface area contributed by atoms with E-state index in [-0.39, 0.29) is 0 Å². The molecule has 0 amide bonds. The smallest absolute Gasteiger partial charge is 0.0363 e. The Morgan fingerprint density at radius 2 is 1.90 bits per heavy atom. The first-order chi connectivity index (χ1) is 10.1. The zero-order valence-electron chi connectivity index (χ0n) is 14.2. The van der Waals surface area contributed by atoms with Crippen LogP contribution in [0.25, 0.3) is 0 Å². The monoisotopic (exact) mass is 288 g/mol. The summed E-state index contributed by atoms with van der Waals surface area (Å²) >= 11 is 0. The Balaban J connectivity index is 2.01. The first kappa shape index (κ1) is 16.4. The fraction of sp³-hybridized carbons (Fsp3) is 0.684. The summed E-state index contributed by atoms with van der Waals surface area (Å²) in [7, 11) is 2.23. The lowest BCUT2D eigenvalue weighted by molar-refractivity contribution is 0.173. The Morgan fingerprint density at radius 1 is 1.19 bits per heavy atom. The highest BCUT2D eigenvalue weighted by Crippen LogP contribution is 2.34. The standard InChI is InChI=1S/C19H32N2/c1-5-20-19-12-11-16(15(2)3)13-17(19)14-21(4)18-9-7-6-8-10-18/h6-10,15-17,19-20H,5,11-14H2,1-4H3. The summed E-state index contributed by atoms with van der Waals surface area (Å²) in [4.78, 5) is 2.43. The summed E-state index contributed by atoms with van der Waals surface area (Å²) in [5.74, 6) is 2.47. The second-order valence-electron chi connectivity index (χ2n) is 6.96. The third kappa shape index (κ3) is 4.47. The Kier molecular flexibility index (Phi) is 6.10. The van der Waals surface area contributed by atoms with Crippen molar-refractivity contribution in [1.29, 1.82) is 0 Å². The van der Waals surface area contributed by atoms with Crippen LogP contribution in [-0.4, -0.2) is 26.2 Å². The van der Waals surface area contributed by atoms with Gasteiger partial charge in [0.25, 0.3) is 0 Å². The lowest BCUT2D eigenvalue weighted by atomic mass is 9.73. The number of anilines is 1. The minimum Gasteiger partial charge on any atom is -0.374 e. The first-order valence-electron chi connectivity index (χ1n) is 8.61. The lowest BCUT2D eigenvalue weighted by Gasteiger charge is -2.40. The van der Waals surface area contributed by atoms with Crippen molar-refractivity contribution in [2.45, 2.75) is 46.1 Å². The van der Waals surface area contributed by atoms with Gasteiger partial charge >= 0.3 is 0 Å². The van der Waals surface area contributed by atoms with Gasteiger partial charge in [-0.2, -0.15) is 0 Å². The molecule has 0 bridgehead atoms. The van der Waals surface area contributed by atoms with Crippen molar-refractivity contribution in [2.24, 2.45) is 17.8 Å². The Hall–Kier alpha value is -1.02. The van der Waals surface area contributed by atoms with Gasteiger partial charge in [0.05, 0.1) is 0 Å². The highest BCUT2D eigenvalue weighted by Gasteiger charge is 2.31. The molecule has 0 aliphatic heterocycles. The van der Waals surface area contributed by atoms with Crippen molar-refractivity contribution in [3.05, 3.63) is 30.3 Å². The second-order valence-corrected chi connectivity index (χ2v) is 6.96. The molecule has 0 heterocycles. The van der Waals surface area contributed by atoms with E-state index >= 15 is 0 Å². The molecule has 0 saturated heterocycles. The molecule has 2 heteroatoms. The number of hydrogen-bond acceptors (Lipinski definition) is 2. The van der Waals surface area contributed by atoms with E-state index < -0.39 is 0 Å². The number of nitrogens with one attached hydrogen (secondary N) is 1. The van der Waals surface area contributed by atoms with Crippen LogP contribution in [0.1, 0.15) is 40.0 Å². The zero-order chi connectivity index (χ0) is 15.2. The van der Waals surface area contributed by atoms with Gasteiger partial charge in [0.1, 0.15) is 0 Å². The molecule has 0 aromatic heterocycles. The van der Waals surface area contributed by atoms with Gasteiger partial charge in [-0.3, -0.25) is 0 Å². The molecule has 1 aromatic carbocycles. The van der Waals surface area contributed by atoms with Crippen molar-refractivity contribution < 1.29 is 0 Å². The SMILES string of the molecule is CCNC1CCC(C(C)C)CC1CN(C)c1ccccc1.